The number of hydrogen-bond donors (Lipinski definition) is 1. The normalized spacial score (nSPS) is 20.8. The Bertz CT molecular complexity index is 680. The van der Waals surface area contributed by atoms with E-state index in [2.05, 4.69) is 26.5 Å². The predicted molar refractivity (Wildman–Crippen MR) is 89.4 cm³/mol. The second-order valence-corrected chi connectivity index (χ2v) is 8.97. The van der Waals surface area contributed by atoms with Crippen molar-refractivity contribution in [1.82, 2.24) is 9.62 Å². The molecule has 1 amide bonds. The Morgan fingerprint density at radius 1 is 1.30 bits per heavy atom. The SMILES string of the molecule is CN1C(C(=O)NCCC[N+](C)(C)C)Cc2ccccc2S1(=O)=O. The van der Waals surface area contributed by atoms with E-state index < -0.39 is 16.1 Å². The van der Waals surface area contributed by atoms with Crippen molar-refractivity contribution in [1.29, 1.82) is 0 Å². The number of rotatable bonds is 5. The molecule has 1 aromatic rings. The molecule has 128 valence electrons. The van der Waals surface area contributed by atoms with Gasteiger partial charge in [-0.1, -0.05) is 18.2 Å². The van der Waals surface area contributed by atoms with Crippen LogP contribution >= 0.6 is 0 Å². The Hall–Kier alpha value is -1.44. The van der Waals surface area contributed by atoms with Gasteiger partial charge in [-0.2, -0.15) is 4.31 Å². The van der Waals surface area contributed by atoms with Gasteiger partial charge in [0.05, 0.1) is 32.6 Å². The highest BCUT2D eigenvalue weighted by Crippen LogP contribution is 2.28. The van der Waals surface area contributed by atoms with Gasteiger partial charge in [-0.15, -0.1) is 0 Å². The van der Waals surface area contributed by atoms with Crippen molar-refractivity contribution in [2.45, 2.75) is 23.8 Å². The van der Waals surface area contributed by atoms with Crippen LogP contribution in [0.1, 0.15) is 12.0 Å². The first-order valence-electron chi connectivity index (χ1n) is 7.77. The standard InChI is InChI=1S/C16H25N3O3S/c1-18-14(16(20)17-10-7-11-19(2,3)4)12-13-8-5-6-9-15(13)23(18,21)22/h5-6,8-9,14H,7,10-12H2,1-4H3/p+1. The van der Waals surface area contributed by atoms with Crippen molar-refractivity contribution in [2.75, 3.05) is 41.3 Å². The first-order chi connectivity index (χ1) is 10.6. The molecule has 0 bridgehead atoms. The Kier molecular flexibility index (Phi) is 5.13. The van der Waals surface area contributed by atoms with Gasteiger partial charge in [0, 0.05) is 20.0 Å². The lowest BCUT2D eigenvalue weighted by atomic mass is 10.0. The summed E-state index contributed by atoms with van der Waals surface area (Å²) in [5.74, 6) is -0.230. The van der Waals surface area contributed by atoms with Crippen molar-refractivity contribution in [3.8, 4) is 0 Å². The van der Waals surface area contributed by atoms with Crippen molar-refractivity contribution >= 4 is 15.9 Å². The van der Waals surface area contributed by atoms with Gasteiger partial charge >= 0.3 is 0 Å². The predicted octanol–water partition coefficient (Wildman–Crippen LogP) is 0.444. The molecular formula is C16H26N3O3S+. The quantitative estimate of drug-likeness (QED) is 0.625. The lowest BCUT2D eigenvalue weighted by molar-refractivity contribution is -0.870. The number of likely N-dealkylation sites (N-methyl/N-ethyl adjacent to an activating group) is 1. The molecule has 1 heterocycles. The zero-order valence-corrected chi connectivity index (χ0v) is 15.1. The number of sulfonamides is 1. The highest BCUT2D eigenvalue weighted by atomic mass is 32.2. The number of hydrogen-bond acceptors (Lipinski definition) is 3. The number of fused-ring (bicyclic) bond motifs is 1. The third kappa shape index (κ3) is 4.10. The van der Waals surface area contributed by atoms with Gasteiger partial charge in [0.2, 0.25) is 15.9 Å². The zero-order valence-electron chi connectivity index (χ0n) is 14.2. The molecule has 6 nitrogen and oxygen atoms in total. The van der Waals surface area contributed by atoms with Crippen LogP contribution in [0.15, 0.2) is 29.2 Å². The van der Waals surface area contributed by atoms with E-state index >= 15 is 0 Å². The van der Waals surface area contributed by atoms with Gasteiger partial charge < -0.3 is 9.80 Å². The van der Waals surface area contributed by atoms with E-state index in [9.17, 15) is 13.2 Å². The van der Waals surface area contributed by atoms with Crippen LogP contribution in [0.5, 0.6) is 0 Å². The Morgan fingerprint density at radius 2 is 1.96 bits per heavy atom. The smallest absolute Gasteiger partial charge is 0.243 e. The summed E-state index contributed by atoms with van der Waals surface area (Å²) in [7, 11) is 4.17. The van der Waals surface area contributed by atoms with Gasteiger partial charge in [-0.25, -0.2) is 8.42 Å². The first-order valence-corrected chi connectivity index (χ1v) is 9.21. The topological polar surface area (TPSA) is 66.5 Å². The van der Waals surface area contributed by atoms with E-state index in [-0.39, 0.29) is 5.91 Å². The highest BCUT2D eigenvalue weighted by molar-refractivity contribution is 7.89. The minimum Gasteiger partial charge on any atom is -0.354 e. The Labute approximate surface area is 138 Å². The maximum Gasteiger partial charge on any atom is 0.243 e. The van der Waals surface area contributed by atoms with E-state index in [1.165, 1.54) is 11.4 Å². The van der Waals surface area contributed by atoms with Gasteiger partial charge in [-0.3, -0.25) is 4.79 Å². The Balaban J connectivity index is 2.05. The van der Waals surface area contributed by atoms with Crippen molar-refractivity contribution in [3.63, 3.8) is 0 Å². The molecule has 0 saturated heterocycles. The van der Waals surface area contributed by atoms with Gasteiger partial charge in [0.25, 0.3) is 0 Å². The summed E-state index contributed by atoms with van der Waals surface area (Å²) < 4.78 is 27.1. The number of benzene rings is 1. The summed E-state index contributed by atoms with van der Waals surface area (Å²) in [4.78, 5) is 12.7. The maximum absolute atomic E-state index is 12.5. The fraction of sp³-hybridized carbons (Fsp3) is 0.562. The van der Waals surface area contributed by atoms with Crippen molar-refractivity contribution < 1.29 is 17.7 Å². The molecule has 1 aliphatic rings. The lowest BCUT2D eigenvalue weighted by Gasteiger charge is -2.32. The van der Waals surface area contributed by atoms with E-state index in [1.54, 1.807) is 24.3 Å². The van der Waals surface area contributed by atoms with E-state index in [0.29, 0.717) is 23.4 Å². The number of carbonyl (C=O) groups is 1. The molecule has 2 rings (SSSR count). The minimum atomic E-state index is -3.60. The van der Waals surface area contributed by atoms with Crippen LogP contribution < -0.4 is 5.32 Å². The molecule has 0 radical (unpaired) electrons. The lowest BCUT2D eigenvalue weighted by Crippen LogP contribution is -2.51. The molecule has 23 heavy (non-hydrogen) atoms. The van der Waals surface area contributed by atoms with Gasteiger partial charge in [0.15, 0.2) is 0 Å². The van der Waals surface area contributed by atoms with Crippen LogP contribution in [0.4, 0.5) is 0 Å². The first kappa shape index (κ1) is 17.9. The van der Waals surface area contributed by atoms with Crippen LogP contribution in [-0.2, 0) is 21.2 Å². The Morgan fingerprint density at radius 3 is 2.61 bits per heavy atom. The summed E-state index contributed by atoms with van der Waals surface area (Å²) in [6.45, 7) is 1.50. The zero-order chi connectivity index (χ0) is 17.3. The summed E-state index contributed by atoms with van der Waals surface area (Å²) in [5, 5.41) is 2.87. The van der Waals surface area contributed by atoms with E-state index in [1.807, 2.05) is 0 Å². The molecule has 1 N–H and O–H groups in total. The average Bonchev–Trinajstić information content (AvgIpc) is 2.46. The highest BCUT2D eigenvalue weighted by Gasteiger charge is 2.38. The average molecular weight is 340 g/mol. The van der Waals surface area contributed by atoms with Crippen LogP contribution in [0.25, 0.3) is 0 Å². The van der Waals surface area contributed by atoms with Crippen molar-refractivity contribution in [3.05, 3.63) is 29.8 Å². The third-order valence-electron chi connectivity index (χ3n) is 4.09. The number of nitrogens with zero attached hydrogens (tertiary/aromatic N) is 2. The molecule has 0 spiro atoms. The molecule has 1 unspecified atom stereocenters. The van der Waals surface area contributed by atoms with Crippen molar-refractivity contribution in [2.24, 2.45) is 0 Å². The molecule has 7 heteroatoms. The maximum atomic E-state index is 12.5. The molecule has 0 aromatic heterocycles. The van der Waals surface area contributed by atoms with Crippen LogP contribution in [0.3, 0.4) is 0 Å². The summed E-state index contributed by atoms with van der Waals surface area (Å²) in [5.41, 5.74) is 0.706. The second kappa shape index (κ2) is 6.59. The molecule has 0 aliphatic carbocycles. The molecule has 1 aromatic carbocycles. The van der Waals surface area contributed by atoms with E-state index in [4.69, 9.17) is 0 Å². The molecule has 0 saturated carbocycles. The third-order valence-corrected chi connectivity index (χ3v) is 6.06. The van der Waals surface area contributed by atoms with Crippen LogP contribution in [-0.4, -0.2) is 70.4 Å². The summed E-state index contributed by atoms with van der Waals surface area (Å²) in [6.07, 6.45) is 1.27. The van der Waals surface area contributed by atoms with Crippen LogP contribution in [0, 0.1) is 0 Å². The second-order valence-electron chi connectivity index (χ2n) is 7.01. The minimum absolute atomic E-state index is 0.230. The molecule has 1 aliphatic heterocycles. The monoisotopic (exact) mass is 340 g/mol. The number of amides is 1. The van der Waals surface area contributed by atoms with Gasteiger partial charge in [0.1, 0.15) is 6.04 Å². The van der Waals surface area contributed by atoms with Gasteiger partial charge in [-0.05, 0) is 18.1 Å². The number of nitrogens with one attached hydrogen (secondary N) is 1. The largest absolute Gasteiger partial charge is 0.354 e. The van der Waals surface area contributed by atoms with Crippen LogP contribution in [0.2, 0.25) is 0 Å². The molecule has 0 fully saturated rings. The van der Waals surface area contributed by atoms with E-state index in [0.717, 1.165) is 17.4 Å². The fourth-order valence-electron chi connectivity index (χ4n) is 2.72. The summed E-state index contributed by atoms with van der Waals surface area (Å²) in [6, 6.07) is 6.19. The fourth-order valence-corrected chi connectivity index (χ4v) is 4.27. The molecular weight excluding hydrogens is 314 g/mol. The number of carbonyl (C=O) groups excluding carboxylic acids is 1. The summed E-state index contributed by atoms with van der Waals surface area (Å²) >= 11 is 0. The molecule has 1 atom stereocenters. The number of quaternary nitrogens is 1.